The summed E-state index contributed by atoms with van der Waals surface area (Å²) in [4.78, 5) is 15.2. The molecule has 21 heavy (non-hydrogen) atoms. The van der Waals surface area contributed by atoms with E-state index in [1.165, 1.54) is 12.1 Å². The fraction of sp³-hybridized carbons (Fsp3) is 0.0625. The number of H-pyrrole nitrogens is 1. The molecule has 0 bridgehead atoms. The molecule has 0 spiro atoms. The Balaban J connectivity index is 1.89. The molecule has 3 aromatic rings. The lowest BCUT2D eigenvalue weighted by atomic mass is 10.2. The van der Waals surface area contributed by atoms with Crippen molar-refractivity contribution in [2.75, 3.05) is 5.32 Å². The predicted octanol–water partition coefficient (Wildman–Crippen LogP) is 4.52. The van der Waals surface area contributed by atoms with Crippen molar-refractivity contribution < 1.29 is 9.18 Å². The van der Waals surface area contributed by atoms with Crippen LogP contribution in [0.4, 0.5) is 10.1 Å². The summed E-state index contributed by atoms with van der Waals surface area (Å²) >= 11 is 6.09. The Kier molecular flexibility index (Phi) is 3.39. The minimum atomic E-state index is -0.338. The summed E-state index contributed by atoms with van der Waals surface area (Å²) in [5, 5.41) is 3.86. The average molecular weight is 303 g/mol. The molecule has 3 nitrogen and oxygen atoms in total. The molecule has 3 rings (SSSR count). The summed E-state index contributed by atoms with van der Waals surface area (Å²) in [6, 6.07) is 11.3. The van der Waals surface area contributed by atoms with E-state index in [0.717, 1.165) is 5.56 Å². The Labute approximate surface area is 125 Å². The lowest BCUT2D eigenvalue weighted by Crippen LogP contribution is -2.12. The van der Waals surface area contributed by atoms with Crippen LogP contribution in [0.15, 0.2) is 42.5 Å². The molecule has 0 fully saturated rings. The quantitative estimate of drug-likeness (QED) is 0.718. The molecule has 0 unspecified atom stereocenters. The number of hydrogen-bond acceptors (Lipinski definition) is 1. The van der Waals surface area contributed by atoms with Crippen LogP contribution in [0.2, 0.25) is 5.02 Å². The predicted molar refractivity (Wildman–Crippen MR) is 82.4 cm³/mol. The van der Waals surface area contributed by atoms with E-state index >= 15 is 0 Å². The number of aromatic nitrogens is 1. The standard InChI is InChI=1S/C16H12ClFN2O/c1-9-2-4-14(12(17)6-9)20-16(21)15-8-10-7-11(18)3-5-13(10)19-15/h2-8,19H,1H3,(H,20,21). The Morgan fingerprint density at radius 2 is 2.00 bits per heavy atom. The van der Waals surface area contributed by atoms with Gasteiger partial charge >= 0.3 is 0 Å². The van der Waals surface area contributed by atoms with E-state index in [9.17, 15) is 9.18 Å². The number of amides is 1. The molecule has 2 aromatic carbocycles. The molecule has 0 aliphatic heterocycles. The van der Waals surface area contributed by atoms with E-state index in [-0.39, 0.29) is 11.7 Å². The molecular formula is C16H12ClFN2O. The lowest BCUT2D eigenvalue weighted by Gasteiger charge is -2.06. The van der Waals surface area contributed by atoms with Crippen LogP contribution in [0.5, 0.6) is 0 Å². The molecule has 0 aliphatic carbocycles. The summed E-state index contributed by atoms with van der Waals surface area (Å²) in [6.45, 7) is 1.92. The largest absolute Gasteiger partial charge is 0.351 e. The van der Waals surface area contributed by atoms with Gasteiger partial charge in [-0.05, 0) is 48.9 Å². The number of carbonyl (C=O) groups is 1. The summed E-state index contributed by atoms with van der Waals surface area (Å²) in [5.74, 6) is -0.660. The average Bonchev–Trinajstić information content (AvgIpc) is 2.85. The number of nitrogens with one attached hydrogen (secondary N) is 2. The maximum absolute atomic E-state index is 13.2. The van der Waals surface area contributed by atoms with E-state index in [1.54, 1.807) is 24.3 Å². The number of anilines is 1. The fourth-order valence-electron chi connectivity index (χ4n) is 2.14. The topological polar surface area (TPSA) is 44.9 Å². The minimum Gasteiger partial charge on any atom is -0.351 e. The Bertz CT molecular complexity index is 841. The van der Waals surface area contributed by atoms with Crippen LogP contribution >= 0.6 is 11.6 Å². The van der Waals surface area contributed by atoms with E-state index in [1.807, 2.05) is 13.0 Å². The molecule has 106 valence electrons. The second-order valence-corrected chi connectivity index (χ2v) is 5.26. The molecule has 0 saturated carbocycles. The number of carbonyl (C=O) groups excluding carboxylic acids is 1. The van der Waals surface area contributed by atoms with E-state index in [0.29, 0.717) is 27.3 Å². The monoisotopic (exact) mass is 302 g/mol. The summed E-state index contributed by atoms with van der Waals surface area (Å²) < 4.78 is 13.2. The second-order valence-electron chi connectivity index (χ2n) is 4.85. The summed E-state index contributed by atoms with van der Waals surface area (Å²) in [7, 11) is 0. The number of halogens is 2. The minimum absolute atomic E-state index is 0.322. The van der Waals surface area contributed by atoms with Crippen molar-refractivity contribution in [1.29, 1.82) is 0 Å². The van der Waals surface area contributed by atoms with Gasteiger partial charge in [0.25, 0.3) is 5.91 Å². The van der Waals surface area contributed by atoms with Crippen molar-refractivity contribution in [3.63, 3.8) is 0 Å². The van der Waals surface area contributed by atoms with Crippen LogP contribution in [0.3, 0.4) is 0 Å². The third-order valence-electron chi connectivity index (χ3n) is 3.20. The van der Waals surface area contributed by atoms with Gasteiger partial charge in [0.05, 0.1) is 10.7 Å². The van der Waals surface area contributed by atoms with Crippen LogP contribution in [0.1, 0.15) is 16.1 Å². The molecule has 0 saturated heterocycles. The lowest BCUT2D eigenvalue weighted by molar-refractivity contribution is 0.102. The van der Waals surface area contributed by atoms with Crippen LogP contribution < -0.4 is 5.32 Å². The van der Waals surface area contributed by atoms with Gasteiger partial charge in [0.15, 0.2) is 0 Å². The first-order valence-electron chi connectivity index (χ1n) is 6.39. The van der Waals surface area contributed by atoms with Crippen LogP contribution in [-0.4, -0.2) is 10.9 Å². The highest BCUT2D eigenvalue weighted by Gasteiger charge is 2.12. The van der Waals surface area contributed by atoms with Crippen molar-refractivity contribution in [2.45, 2.75) is 6.92 Å². The number of benzene rings is 2. The van der Waals surface area contributed by atoms with Gasteiger partial charge in [-0.15, -0.1) is 0 Å². The number of aryl methyl sites for hydroxylation is 1. The van der Waals surface area contributed by atoms with E-state index in [4.69, 9.17) is 11.6 Å². The second kappa shape index (κ2) is 5.22. The first-order chi connectivity index (χ1) is 10.0. The van der Waals surface area contributed by atoms with Gasteiger partial charge in [0.2, 0.25) is 0 Å². The molecule has 1 heterocycles. The highest BCUT2D eigenvalue weighted by atomic mass is 35.5. The summed E-state index contributed by atoms with van der Waals surface area (Å²) in [5.41, 5.74) is 2.61. The highest BCUT2D eigenvalue weighted by molar-refractivity contribution is 6.34. The maximum Gasteiger partial charge on any atom is 0.272 e. The zero-order valence-corrected chi connectivity index (χ0v) is 12.0. The van der Waals surface area contributed by atoms with Crippen LogP contribution in [-0.2, 0) is 0 Å². The molecular weight excluding hydrogens is 291 g/mol. The first kappa shape index (κ1) is 13.6. The van der Waals surface area contributed by atoms with Crippen LogP contribution in [0.25, 0.3) is 10.9 Å². The third kappa shape index (κ3) is 2.76. The van der Waals surface area contributed by atoms with Gasteiger partial charge < -0.3 is 10.3 Å². The molecule has 0 aliphatic rings. The smallest absolute Gasteiger partial charge is 0.272 e. The Hall–Kier alpha value is -2.33. The third-order valence-corrected chi connectivity index (χ3v) is 3.51. The zero-order chi connectivity index (χ0) is 15.0. The van der Waals surface area contributed by atoms with Crippen molar-refractivity contribution in [2.24, 2.45) is 0 Å². The molecule has 2 N–H and O–H groups in total. The van der Waals surface area contributed by atoms with Crippen molar-refractivity contribution in [1.82, 2.24) is 4.98 Å². The van der Waals surface area contributed by atoms with Crippen molar-refractivity contribution in [3.8, 4) is 0 Å². The summed E-state index contributed by atoms with van der Waals surface area (Å²) in [6.07, 6.45) is 0. The maximum atomic E-state index is 13.2. The van der Waals surface area contributed by atoms with Gasteiger partial charge in [-0.3, -0.25) is 4.79 Å². The van der Waals surface area contributed by atoms with Gasteiger partial charge in [0.1, 0.15) is 11.5 Å². The molecule has 0 atom stereocenters. The van der Waals surface area contributed by atoms with Crippen molar-refractivity contribution >= 4 is 34.1 Å². The Morgan fingerprint density at radius 3 is 2.76 bits per heavy atom. The molecule has 1 amide bonds. The molecule has 1 aromatic heterocycles. The van der Waals surface area contributed by atoms with Gasteiger partial charge in [-0.25, -0.2) is 4.39 Å². The van der Waals surface area contributed by atoms with Crippen molar-refractivity contribution in [3.05, 3.63) is 64.6 Å². The highest BCUT2D eigenvalue weighted by Crippen LogP contribution is 2.24. The van der Waals surface area contributed by atoms with E-state index < -0.39 is 0 Å². The first-order valence-corrected chi connectivity index (χ1v) is 6.76. The van der Waals surface area contributed by atoms with Gasteiger partial charge in [-0.2, -0.15) is 0 Å². The zero-order valence-electron chi connectivity index (χ0n) is 11.2. The molecule has 5 heteroatoms. The number of aromatic amines is 1. The molecule has 0 radical (unpaired) electrons. The van der Waals surface area contributed by atoms with Gasteiger partial charge in [0, 0.05) is 10.9 Å². The van der Waals surface area contributed by atoms with Gasteiger partial charge in [-0.1, -0.05) is 17.7 Å². The number of rotatable bonds is 2. The van der Waals surface area contributed by atoms with E-state index in [2.05, 4.69) is 10.3 Å². The number of hydrogen-bond donors (Lipinski definition) is 2. The number of fused-ring (bicyclic) bond motifs is 1. The normalized spacial score (nSPS) is 10.8. The van der Waals surface area contributed by atoms with Crippen LogP contribution in [0, 0.1) is 12.7 Å². The SMILES string of the molecule is Cc1ccc(NC(=O)c2cc3cc(F)ccc3[nH]2)c(Cl)c1. The Morgan fingerprint density at radius 1 is 1.19 bits per heavy atom. The fourth-order valence-corrected chi connectivity index (χ4v) is 2.42.